The summed E-state index contributed by atoms with van der Waals surface area (Å²) in [5.74, 6) is -0.326. The number of sulfonamides is 1. The summed E-state index contributed by atoms with van der Waals surface area (Å²) >= 11 is 0. The molecule has 0 atom stereocenters. The van der Waals surface area contributed by atoms with Gasteiger partial charge in [0.05, 0.1) is 4.90 Å². The number of benzene rings is 1. The highest BCUT2D eigenvalue weighted by molar-refractivity contribution is 7.89. The highest BCUT2D eigenvalue weighted by Crippen LogP contribution is 2.22. The molecule has 0 spiro atoms. The summed E-state index contributed by atoms with van der Waals surface area (Å²) in [6.45, 7) is 1.87. The van der Waals surface area contributed by atoms with Crippen LogP contribution in [-0.4, -0.2) is 44.9 Å². The third-order valence-electron chi connectivity index (χ3n) is 3.94. The van der Waals surface area contributed by atoms with Crippen LogP contribution in [0, 0.1) is 0 Å². The van der Waals surface area contributed by atoms with Crippen molar-refractivity contribution in [3.63, 3.8) is 0 Å². The van der Waals surface area contributed by atoms with E-state index in [1.807, 2.05) is 0 Å². The van der Waals surface area contributed by atoms with Gasteiger partial charge in [0.25, 0.3) is 5.91 Å². The fraction of sp³-hybridized carbons (Fsp3) is 0.438. The lowest BCUT2D eigenvalue weighted by atomic mass is 10.2. The molecule has 1 saturated heterocycles. The van der Waals surface area contributed by atoms with Crippen LogP contribution in [0.25, 0.3) is 0 Å². The van der Waals surface area contributed by atoms with Gasteiger partial charge in [0, 0.05) is 18.8 Å². The molecule has 0 saturated carbocycles. The quantitative estimate of drug-likeness (QED) is 0.891. The van der Waals surface area contributed by atoms with Crippen molar-refractivity contribution >= 4 is 21.6 Å². The van der Waals surface area contributed by atoms with E-state index in [1.165, 1.54) is 22.7 Å². The Morgan fingerprint density at radius 3 is 2.38 bits per heavy atom. The number of nitrogens with zero attached hydrogens (tertiary/aromatic N) is 1. The maximum absolute atomic E-state index is 12.6. The Hall–Kier alpha value is -2.06. The second-order valence-electron chi connectivity index (χ2n) is 5.64. The zero-order valence-corrected chi connectivity index (χ0v) is 14.0. The Morgan fingerprint density at radius 2 is 1.75 bits per heavy atom. The van der Waals surface area contributed by atoms with Gasteiger partial charge in [-0.2, -0.15) is 4.31 Å². The number of carbonyl (C=O) groups is 1. The van der Waals surface area contributed by atoms with Gasteiger partial charge in [-0.1, -0.05) is 6.42 Å². The van der Waals surface area contributed by atoms with Crippen LogP contribution in [0.15, 0.2) is 41.2 Å². The summed E-state index contributed by atoms with van der Waals surface area (Å²) in [6, 6.07) is 6.15. The molecule has 2 aliphatic rings. The average molecular weight is 352 g/mol. The Balaban J connectivity index is 1.68. The maximum Gasteiger partial charge on any atom is 0.294 e. The summed E-state index contributed by atoms with van der Waals surface area (Å²) in [5.41, 5.74) is 0.493. The van der Waals surface area contributed by atoms with Gasteiger partial charge in [0.1, 0.15) is 19.5 Å². The van der Waals surface area contributed by atoms with E-state index in [1.54, 1.807) is 12.1 Å². The van der Waals surface area contributed by atoms with Crippen molar-refractivity contribution in [1.82, 2.24) is 4.31 Å². The van der Waals surface area contributed by atoms with Gasteiger partial charge in [-0.15, -0.1) is 0 Å². The number of amides is 1. The summed E-state index contributed by atoms with van der Waals surface area (Å²) < 4.78 is 36.9. The summed E-state index contributed by atoms with van der Waals surface area (Å²) in [4.78, 5) is 12.2. The molecule has 8 heteroatoms. The van der Waals surface area contributed by atoms with Crippen LogP contribution >= 0.6 is 0 Å². The third-order valence-corrected chi connectivity index (χ3v) is 5.85. The van der Waals surface area contributed by atoms with E-state index in [9.17, 15) is 13.2 Å². The Kier molecular flexibility index (Phi) is 5.06. The Morgan fingerprint density at radius 1 is 1.04 bits per heavy atom. The largest absolute Gasteiger partial charge is 0.494 e. The smallest absolute Gasteiger partial charge is 0.294 e. The van der Waals surface area contributed by atoms with Crippen LogP contribution in [0.1, 0.15) is 19.3 Å². The van der Waals surface area contributed by atoms with Crippen LogP contribution in [0.3, 0.4) is 0 Å². The fourth-order valence-corrected chi connectivity index (χ4v) is 4.16. The molecular weight excluding hydrogens is 332 g/mol. The number of anilines is 1. The van der Waals surface area contributed by atoms with Gasteiger partial charge in [-0.05, 0) is 37.1 Å². The number of hydrogen-bond donors (Lipinski definition) is 1. The first kappa shape index (κ1) is 16.8. The first-order valence-corrected chi connectivity index (χ1v) is 9.37. The molecule has 0 unspecified atom stereocenters. The van der Waals surface area contributed by atoms with Gasteiger partial charge in [0.2, 0.25) is 15.8 Å². The fourth-order valence-electron chi connectivity index (χ4n) is 2.64. The van der Waals surface area contributed by atoms with E-state index < -0.39 is 15.9 Å². The molecule has 3 rings (SSSR count). The zero-order chi connectivity index (χ0) is 17.0. The van der Waals surface area contributed by atoms with E-state index in [-0.39, 0.29) is 10.7 Å². The molecule has 1 amide bonds. The van der Waals surface area contributed by atoms with Gasteiger partial charge < -0.3 is 14.8 Å². The molecule has 1 N–H and O–H groups in total. The van der Waals surface area contributed by atoms with Crippen molar-refractivity contribution in [3.05, 3.63) is 36.3 Å². The van der Waals surface area contributed by atoms with Gasteiger partial charge >= 0.3 is 0 Å². The average Bonchev–Trinajstić information content (AvgIpc) is 2.63. The van der Waals surface area contributed by atoms with E-state index in [2.05, 4.69) is 5.32 Å². The minimum Gasteiger partial charge on any atom is -0.494 e. The predicted octanol–water partition coefficient (Wildman–Crippen LogP) is 1.69. The molecule has 1 aromatic rings. The maximum atomic E-state index is 12.6. The predicted molar refractivity (Wildman–Crippen MR) is 87.7 cm³/mol. The molecule has 0 aliphatic carbocycles. The van der Waals surface area contributed by atoms with Gasteiger partial charge in [0.15, 0.2) is 0 Å². The molecule has 1 fully saturated rings. The van der Waals surface area contributed by atoms with Gasteiger partial charge in [-0.3, -0.25) is 4.79 Å². The molecule has 130 valence electrons. The van der Waals surface area contributed by atoms with Crippen LogP contribution in [-0.2, 0) is 24.3 Å². The molecule has 0 radical (unpaired) electrons. The van der Waals surface area contributed by atoms with Crippen LogP contribution in [0.4, 0.5) is 5.69 Å². The van der Waals surface area contributed by atoms with Crippen molar-refractivity contribution in [2.24, 2.45) is 0 Å². The molecule has 0 bridgehead atoms. The molecule has 2 aliphatic heterocycles. The van der Waals surface area contributed by atoms with Crippen molar-refractivity contribution in [1.29, 1.82) is 0 Å². The monoisotopic (exact) mass is 352 g/mol. The van der Waals surface area contributed by atoms with E-state index in [4.69, 9.17) is 9.47 Å². The molecular formula is C16H20N2O5S. The number of ether oxygens (including phenoxy) is 2. The summed E-state index contributed by atoms with van der Waals surface area (Å²) in [6.07, 6.45) is 4.13. The SMILES string of the molecule is O=C(Nc1ccc(S(=O)(=O)N2CCCCC2)cc1)C1=COCCO1. The van der Waals surface area contributed by atoms with Crippen LogP contribution < -0.4 is 5.32 Å². The summed E-state index contributed by atoms with van der Waals surface area (Å²) in [5, 5.41) is 2.65. The first-order chi connectivity index (χ1) is 11.6. The van der Waals surface area contributed by atoms with E-state index >= 15 is 0 Å². The van der Waals surface area contributed by atoms with E-state index in [0.29, 0.717) is 32.0 Å². The van der Waals surface area contributed by atoms with Crippen molar-refractivity contribution in [2.75, 3.05) is 31.6 Å². The van der Waals surface area contributed by atoms with Crippen LogP contribution in [0.2, 0.25) is 0 Å². The zero-order valence-electron chi connectivity index (χ0n) is 13.2. The molecule has 24 heavy (non-hydrogen) atoms. The Labute approximate surface area is 141 Å². The summed E-state index contributed by atoms with van der Waals surface area (Å²) in [7, 11) is -3.46. The lowest BCUT2D eigenvalue weighted by molar-refractivity contribution is -0.117. The second kappa shape index (κ2) is 7.23. The molecule has 0 aromatic heterocycles. The third kappa shape index (κ3) is 3.70. The highest BCUT2D eigenvalue weighted by atomic mass is 32.2. The standard InChI is InChI=1S/C16H20N2O5S/c19-16(15-12-22-10-11-23-15)17-13-4-6-14(7-5-13)24(20,21)18-8-2-1-3-9-18/h4-7,12H,1-3,8-11H2,(H,17,19). The minimum atomic E-state index is -3.46. The lowest BCUT2D eigenvalue weighted by Gasteiger charge is -2.25. The van der Waals surface area contributed by atoms with Gasteiger partial charge in [-0.25, -0.2) is 8.42 Å². The van der Waals surface area contributed by atoms with Crippen molar-refractivity contribution in [3.8, 4) is 0 Å². The highest BCUT2D eigenvalue weighted by Gasteiger charge is 2.25. The van der Waals surface area contributed by atoms with Crippen LogP contribution in [0.5, 0.6) is 0 Å². The minimum absolute atomic E-state index is 0.103. The molecule has 1 aromatic carbocycles. The number of carbonyl (C=O) groups excluding carboxylic acids is 1. The van der Waals surface area contributed by atoms with Crippen molar-refractivity contribution in [2.45, 2.75) is 24.2 Å². The van der Waals surface area contributed by atoms with Crippen molar-refractivity contribution < 1.29 is 22.7 Å². The first-order valence-electron chi connectivity index (χ1n) is 7.93. The second-order valence-corrected chi connectivity index (χ2v) is 7.58. The molecule has 2 heterocycles. The van der Waals surface area contributed by atoms with E-state index in [0.717, 1.165) is 19.3 Å². The number of rotatable bonds is 4. The molecule has 7 nitrogen and oxygen atoms in total. The Bertz CT molecular complexity index is 721. The number of piperidine rings is 1. The normalized spacial score (nSPS) is 18.9. The topological polar surface area (TPSA) is 84.9 Å². The number of hydrogen-bond acceptors (Lipinski definition) is 5. The lowest BCUT2D eigenvalue weighted by Crippen LogP contribution is -2.35. The number of nitrogens with one attached hydrogen (secondary N) is 1.